The van der Waals surface area contributed by atoms with Crippen LogP contribution in [0.25, 0.3) is 0 Å². The lowest BCUT2D eigenvalue weighted by molar-refractivity contribution is 0.170. The molecule has 0 heterocycles. The number of rotatable bonds is 4. The molecule has 0 saturated heterocycles. The van der Waals surface area contributed by atoms with Gasteiger partial charge in [0.05, 0.1) is 7.11 Å². The van der Waals surface area contributed by atoms with E-state index < -0.39 is 0 Å². The van der Waals surface area contributed by atoms with Crippen LogP contribution in [0.1, 0.15) is 24.8 Å². The highest BCUT2D eigenvalue weighted by molar-refractivity contribution is 9.09. The third-order valence-corrected chi connectivity index (χ3v) is 4.60. The lowest BCUT2D eigenvalue weighted by Crippen LogP contribution is -2.33. The molecule has 1 saturated carbocycles. The monoisotopic (exact) mass is 268 g/mol. The number of benzene rings is 1. The lowest BCUT2D eigenvalue weighted by Gasteiger charge is -2.40. The molecule has 0 radical (unpaired) electrons. The van der Waals surface area contributed by atoms with Gasteiger partial charge in [-0.15, -0.1) is 0 Å². The summed E-state index contributed by atoms with van der Waals surface area (Å²) in [5.41, 5.74) is 1.92. The highest BCUT2D eigenvalue weighted by Gasteiger charge is 2.35. The summed E-state index contributed by atoms with van der Waals surface area (Å²) in [5.74, 6) is 0.969. The number of halogens is 1. The summed E-state index contributed by atoms with van der Waals surface area (Å²) in [6.45, 7) is 0. The SMILES string of the molecule is COc1cccc(CC2(CBr)CCC2)c1. The van der Waals surface area contributed by atoms with Gasteiger partial charge in [0.2, 0.25) is 0 Å². The van der Waals surface area contributed by atoms with Crippen molar-refractivity contribution in [3.63, 3.8) is 0 Å². The molecule has 0 N–H and O–H groups in total. The summed E-state index contributed by atoms with van der Waals surface area (Å²) in [4.78, 5) is 0. The molecule has 1 aromatic carbocycles. The van der Waals surface area contributed by atoms with Crippen LogP contribution in [0.2, 0.25) is 0 Å². The minimum absolute atomic E-state index is 0.520. The fraction of sp³-hybridized carbons (Fsp3) is 0.538. The normalized spacial score (nSPS) is 18.3. The largest absolute Gasteiger partial charge is 0.497 e. The molecule has 15 heavy (non-hydrogen) atoms. The van der Waals surface area contributed by atoms with Gasteiger partial charge in [0.1, 0.15) is 5.75 Å². The van der Waals surface area contributed by atoms with Crippen molar-refractivity contribution in [3.8, 4) is 5.75 Å². The Kier molecular flexibility index (Phi) is 3.35. The van der Waals surface area contributed by atoms with Gasteiger partial charge in [0.15, 0.2) is 0 Å². The van der Waals surface area contributed by atoms with Gasteiger partial charge in [0.25, 0.3) is 0 Å². The second-order valence-electron chi connectivity index (χ2n) is 4.52. The number of methoxy groups -OCH3 is 1. The van der Waals surface area contributed by atoms with E-state index in [2.05, 4.69) is 34.1 Å². The Hall–Kier alpha value is -0.500. The van der Waals surface area contributed by atoms with Crippen LogP contribution in [0.15, 0.2) is 24.3 Å². The Labute approximate surface area is 100.0 Å². The average molecular weight is 269 g/mol. The van der Waals surface area contributed by atoms with Crippen LogP contribution in [-0.4, -0.2) is 12.4 Å². The number of hydrogen-bond donors (Lipinski definition) is 0. The summed E-state index contributed by atoms with van der Waals surface area (Å²) in [6.07, 6.45) is 5.27. The maximum atomic E-state index is 5.24. The summed E-state index contributed by atoms with van der Waals surface area (Å²) < 4.78 is 5.24. The molecule has 0 aromatic heterocycles. The molecule has 1 nitrogen and oxygen atoms in total. The first-order valence-corrected chi connectivity index (χ1v) is 6.59. The van der Waals surface area contributed by atoms with Crippen molar-refractivity contribution in [2.24, 2.45) is 5.41 Å². The van der Waals surface area contributed by atoms with Crippen LogP contribution >= 0.6 is 15.9 Å². The Balaban J connectivity index is 2.09. The number of hydrogen-bond acceptors (Lipinski definition) is 1. The molecule has 0 amide bonds. The van der Waals surface area contributed by atoms with Gasteiger partial charge in [-0.05, 0) is 42.4 Å². The van der Waals surface area contributed by atoms with Gasteiger partial charge in [-0.2, -0.15) is 0 Å². The predicted octanol–water partition coefficient (Wildman–Crippen LogP) is 3.80. The lowest BCUT2D eigenvalue weighted by atomic mass is 9.67. The molecule has 1 aliphatic carbocycles. The number of alkyl halides is 1. The van der Waals surface area contributed by atoms with Gasteiger partial charge in [-0.25, -0.2) is 0 Å². The van der Waals surface area contributed by atoms with Crippen molar-refractivity contribution in [2.45, 2.75) is 25.7 Å². The van der Waals surface area contributed by atoms with E-state index in [0.717, 1.165) is 11.1 Å². The molecular weight excluding hydrogens is 252 g/mol. The second-order valence-corrected chi connectivity index (χ2v) is 5.08. The first kappa shape index (κ1) is 11.0. The van der Waals surface area contributed by atoms with E-state index in [9.17, 15) is 0 Å². The molecule has 2 rings (SSSR count). The molecular formula is C13H17BrO. The average Bonchev–Trinajstić information content (AvgIpc) is 2.24. The Morgan fingerprint density at radius 3 is 2.73 bits per heavy atom. The fourth-order valence-electron chi connectivity index (χ4n) is 2.25. The van der Waals surface area contributed by atoms with E-state index in [-0.39, 0.29) is 0 Å². The molecule has 0 atom stereocenters. The highest BCUT2D eigenvalue weighted by Crippen LogP contribution is 2.45. The van der Waals surface area contributed by atoms with Crippen molar-refractivity contribution in [3.05, 3.63) is 29.8 Å². The van der Waals surface area contributed by atoms with Gasteiger partial charge >= 0.3 is 0 Å². The summed E-state index contributed by atoms with van der Waals surface area (Å²) >= 11 is 3.65. The quantitative estimate of drug-likeness (QED) is 0.755. The molecule has 0 unspecified atom stereocenters. The van der Waals surface area contributed by atoms with Crippen LogP contribution in [0.4, 0.5) is 0 Å². The van der Waals surface area contributed by atoms with E-state index in [0.29, 0.717) is 5.41 Å². The molecule has 1 aliphatic rings. The zero-order valence-electron chi connectivity index (χ0n) is 9.13. The van der Waals surface area contributed by atoms with Crippen LogP contribution in [-0.2, 0) is 6.42 Å². The van der Waals surface area contributed by atoms with Crippen molar-refractivity contribution in [1.29, 1.82) is 0 Å². The van der Waals surface area contributed by atoms with E-state index in [4.69, 9.17) is 4.74 Å². The van der Waals surface area contributed by atoms with Crippen LogP contribution in [0.3, 0.4) is 0 Å². The smallest absolute Gasteiger partial charge is 0.119 e. The standard InChI is InChI=1S/C13H17BrO/c1-15-12-5-2-4-11(8-12)9-13(10-14)6-3-7-13/h2,4-5,8H,3,6-7,9-10H2,1H3. The molecule has 0 bridgehead atoms. The third kappa shape index (κ3) is 2.36. The Morgan fingerprint density at radius 1 is 1.40 bits per heavy atom. The minimum atomic E-state index is 0.520. The maximum Gasteiger partial charge on any atom is 0.119 e. The highest BCUT2D eigenvalue weighted by atomic mass is 79.9. The fourth-order valence-corrected chi connectivity index (χ4v) is 3.01. The Morgan fingerprint density at radius 2 is 2.20 bits per heavy atom. The van der Waals surface area contributed by atoms with Gasteiger partial charge in [-0.1, -0.05) is 34.5 Å². The van der Waals surface area contributed by atoms with E-state index >= 15 is 0 Å². The molecule has 1 aromatic rings. The molecule has 0 aliphatic heterocycles. The van der Waals surface area contributed by atoms with Crippen molar-refractivity contribution in [1.82, 2.24) is 0 Å². The maximum absolute atomic E-state index is 5.24. The van der Waals surface area contributed by atoms with Crippen molar-refractivity contribution in [2.75, 3.05) is 12.4 Å². The van der Waals surface area contributed by atoms with E-state index in [1.54, 1.807) is 7.11 Å². The molecule has 1 fully saturated rings. The zero-order valence-corrected chi connectivity index (χ0v) is 10.7. The predicted molar refractivity (Wildman–Crippen MR) is 66.8 cm³/mol. The van der Waals surface area contributed by atoms with Crippen LogP contribution in [0.5, 0.6) is 5.75 Å². The Bertz CT molecular complexity index is 326. The molecule has 0 spiro atoms. The van der Waals surface area contributed by atoms with Crippen LogP contribution < -0.4 is 4.74 Å². The first-order valence-electron chi connectivity index (χ1n) is 5.47. The first-order chi connectivity index (χ1) is 7.28. The second kappa shape index (κ2) is 4.56. The molecule has 2 heteroatoms. The summed E-state index contributed by atoms with van der Waals surface area (Å²) in [7, 11) is 1.72. The van der Waals surface area contributed by atoms with E-state index in [1.165, 1.54) is 31.2 Å². The zero-order chi connectivity index (χ0) is 10.7. The molecule has 82 valence electrons. The number of ether oxygens (including phenoxy) is 1. The third-order valence-electron chi connectivity index (χ3n) is 3.41. The van der Waals surface area contributed by atoms with Crippen LogP contribution in [0, 0.1) is 5.41 Å². The summed E-state index contributed by atoms with van der Waals surface area (Å²) in [5, 5.41) is 1.12. The van der Waals surface area contributed by atoms with Crippen molar-refractivity contribution >= 4 is 15.9 Å². The van der Waals surface area contributed by atoms with E-state index in [1.807, 2.05) is 6.07 Å². The topological polar surface area (TPSA) is 9.23 Å². The van der Waals surface area contributed by atoms with Gasteiger partial charge < -0.3 is 4.74 Å². The van der Waals surface area contributed by atoms with Crippen molar-refractivity contribution < 1.29 is 4.74 Å². The van der Waals surface area contributed by atoms with Gasteiger partial charge in [0, 0.05) is 5.33 Å². The summed E-state index contributed by atoms with van der Waals surface area (Å²) in [6, 6.07) is 8.44. The van der Waals surface area contributed by atoms with Gasteiger partial charge in [-0.3, -0.25) is 0 Å². The minimum Gasteiger partial charge on any atom is -0.497 e.